The summed E-state index contributed by atoms with van der Waals surface area (Å²) >= 11 is 0. The molecule has 2 rings (SSSR count). The second-order valence-corrected chi connectivity index (χ2v) is 7.32. The Bertz CT molecular complexity index is 875. The molecule has 1 amide bonds. The molecule has 2 heterocycles. The Balaban J connectivity index is 2.14. The normalized spacial score (nSPS) is 12.5. The zero-order chi connectivity index (χ0) is 21.6. The van der Waals surface area contributed by atoms with Crippen LogP contribution >= 0.6 is 0 Å². The molecule has 29 heavy (non-hydrogen) atoms. The lowest BCUT2D eigenvalue weighted by molar-refractivity contribution is 0.135. The van der Waals surface area contributed by atoms with Crippen molar-refractivity contribution in [2.45, 2.75) is 39.2 Å². The first kappa shape index (κ1) is 22.2. The van der Waals surface area contributed by atoms with Gasteiger partial charge in [0, 0.05) is 11.7 Å². The van der Waals surface area contributed by atoms with E-state index in [4.69, 9.17) is 9.84 Å². The average molecular weight is 406 g/mol. The van der Waals surface area contributed by atoms with E-state index in [-0.39, 0.29) is 24.0 Å². The molecule has 156 valence electrons. The summed E-state index contributed by atoms with van der Waals surface area (Å²) in [6, 6.07) is 4.56. The van der Waals surface area contributed by atoms with Crippen LogP contribution in [0.25, 0.3) is 17.5 Å². The topological polar surface area (TPSA) is 97.2 Å². The first-order valence-electron chi connectivity index (χ1n) is 9.00. The van der Waals surface area contributed by atoms with E-state index in [1.807, 2.05) is 6.92 Å². The third kappa shape index (κ3) is 6.48. The number of aromatic nitrogens is 3. The van der Waals surface area contributed by atoms with Crippen molar-refractivity contribution in [3.05, 3.63) is 42.5 Å². The van der Waals surface area contributed by atoms with Crippen LogP contribution in [0.2, 0.25) is 0 Å². The number of halogens is 2. The Kier molecular flexibility index (Phi) is 7.19. The number of carbonyl (C=O) groups is 1. The van der Waals surface area contributed by atoms with Crippen molar-refractivity contribution >= 4 is 12.2 Å². The van der Waals surface area contributed by atoms with Gasteiger partial charge in [-0.25, -0.2) is 28.5 Å². The lowest BCUT2D eigenvalue weighted by atomic mass is 9.92. The van der Waals surface area contributed by atoms with E-state index in [9.17, 15) is 13.6 Å². The Hall–Kier alpha value is -3.10. The molecule has 0 saturated carbocycles. The van der Waals surface area contributed by atoms with Crippen LogP contribution in [-0.4, -0.2) is 38.3 Å². The largest absolute Gasteiger partial charge is 0.491 e. The van der Waals surface area contributed by atoms with Gasteiger partial charge in [-0.15, -0.1) is 0 Å². The predicted octanol–water partition coefficient (Wildman–Crippen LogP) is 4.57. The highest BCUT2D eigenvalue weighted by molar-refractivity contribution is 5.65. The lowest BCUT2D eigenvalue weighted by Gasteiger charge is -2.28. The number of amides is 1. The zero-order valence-electron chi connectivity index (χ0n) is 16.5. The van der Waals surface area contributed by atoms with Crippen LogP contribution in [0.1, 0.15) is 45.1 Å². The Morgan fingerprint density at radius 1 is 1.31 bits per heavy atom. The SMILES string of the molecule is C=Cc1nccc(-c2ccc(OC[C@@H](C)CC(C)(C)NC(=O)O)c(C(F)F)n2)n1. The summed E-state index contributed by atoms with van der Waals surface area (Å²) in [6.07, 6.45) is -0.516. The van der Waals surface area contributed by atoms with Gasteiger partial charge in [0.05, 0.1) is 18.0 Å². The monoisotopic (exact) mass is 406 g/mol. The number of hydrogen-bond donors (Lipinski definition) is 2. The number of nitrogens with zero attached hydrogens (tertiary/aromatic N) is 3. The Labute approximate surface area is 167 Å². The highest BCUT2D eigenvalue weighted by Crippen LogP contribution is 2.30. The van der Waals surface area contributed by atoms with E-state index in [1.54, 1.807) is 26.0 Å². The van der Waals surface area contributed by atoms with Gasteiger partial charge in [0.2, 0.25) is 0 Å². The van der Waals surface area contributed by atoms with Gasteiger partial charge >= 0.3 is 6.09 Å². The molecule has 0 aliphatic heterocycles. The minimum Gasteiger partial charge on any atom is -0.491 e. The van der Waals surface area contributed by atoms with Gasteiger partial charge in [-0.1, -0.05) is 13.5 Å². The fourth-order valence-corrected chi connectivity index (χ4v) is 3.00. The first-order chi connectivity index (χ1) is 13.6. The van der Waals surface area contributed by atoms with Gasteiger partial charge in [0.15, 0.2) is 5.82 Å². The summed E-state index contributed by atoms with van der Waals surface area (Å²) in [5.41, 5.74) is -0.467. The number of ether oxygens (including phenoxy) is 1. The molecule has 2 aromatic rings. The molecule has 0 aliphatic carbocycles. The molecule has 0 unspecified atom stereocenters. The van der Waals surface area contributed by atoms with Crippen molar-refractivity contribution in [3.63, 3.8) is 0 Å². The standard InChI is InChI=1S/C20H24F2N4O3/c1-5-16-23-9-8-14(24-16)13-6-7-15(17(25-13)18(21)22)29-11-12(2)10-20(3,4)26-19(27)28/h5-9,12,18,26H,1,10-11H2,2-4H3,(H,27,28)/t12-/m0/s1. The van der Waals surface area contributed by atoms with Crippen LogP contribution in [0.15, 0.2) is 31.0 Å². The van der Waals surface area contributed by atoms with Crippen molar-refractivity contribution < 1.29 is 23.4 Å². The Morgan fingerprint density at radius 3 is 2.62 bits per heavy atom. The summed E-state index contributed by atoms with van der Waals surface area (Å²) in [5.74, 6) is 0.270. The van der Waals surface area contributed by atoms with Crippen molar-refractivity contribution in [3.8, 4) is 17.1 Å². The molecule has 0 bridgehead atoms. The maximum Gasteiger partial charge on any atom is 0.405 e. The maximum absolute atomic E-state index is 13.5. The molecule has 0 aromatic carbocycles. The van der Waals surface area contributed by atoms with Crippen LogP contribution in [0, 0.1) is 5.92 Å². The minimum atomic E-state index is -2.83. The molecule has 0 aliphatic rings. The summed E-state index contributed by atoms with van der Waals surface area (Å²) in [5, 5.41) is 11.3. The molecule has 7 nitrogen and oxygen atoms in total. The quantitative estimate of drug-likeness (QED) is 0.633. The molecule has 2 N–H and O–H groups in total. The summed E-state index contributed by atoms with van der Waals surface area (Å²) < 4.78 is 32.7. The molecule has 0 saturated heterocycles. The maximum atomic E-state index is 13.5. The van der Waals surface area contributed by atoms with E-state index in [0.29, 0.717) is 17.9 Å². The van der Waals surface area contributed by atoms with Gasteiger partial charge in [-0.2, -0.15) is 0 Å². The van der Waals surface area contributed by atoms with Crippen molar-refractivity contribution in [1.29, 1.82) is 0 Å². The van der Waals surface area contributed by atoms with E-state index in [2.05, 4.69) is 26.8 Å². The molecular weight excluding hydrogens is 382 g/mol. The second kappa shape index (κ2) is 9.40. The molecule has 9 heteroatoms. The smallest absolute Gasteiger partial charge is 0.405 e. The predicted molar refractivity (Wildman–Crippen MR) is 105 cm³/mol. The van der Waals surface area contributed by atoms with Crippen molar-refractivity contribution in [2.75, 3.05) is 6.61 Å². The molecule has 2 aromatic heterocycles. The third-order valence-corrected chi connectivity index (χ3v) is 4.04. The van der Waals surface area contributed by atoms with Gasteiger partial charge in [0.1, 0.15) is 11.4 Å². The molecule has 0 radical (unpaired) electrons. The lowest BCUT2D eigenvalue weighted by Crippen LogP contribution is -2.44. The number of hydrogen-bond acceptors (Lipinski definition) is 5. The van der Waals surface area contributed by atoms with E-state index >= 15 is 0 Å². The highest BCUT2D eigenvalue weighted by atomic mass is 19.3. The van der Waals surface area contributed by atoms with Gasteiger partial charge in [-0.05, 0) is 50.5 Å². The van der Waals surface area contributed by atoms with Crippen LogP contribution < -0.4 is 10.1 Å². The number of rotatable bonds is 9. The summed E-state index contributed by atoms with van der Waals surface area (Å²) in [7, 11) is 0. The summed E-state index contributed by atoms with van der Waals surface area (Å²) in [6.45, 7) is 9.07. The number of alkyl halides is 2. The molecule has 1 atom stereocenters. The van der Waals surface area contributed by atoms with E-state index in [0.717, 1.165) is 0 Å². The molecular formula is C20H24F2N4O3. The van der Waals surface area contributed by atoms with Crippen molar-refractivity contribution in [1.82, 2.24) is 20.3 Å². The second-order valence-electron chi connectivity index (χ2n) is 7.32. The van der Waals surface area contributed by atoms with Gasteiger partial charge in [-0.3, -0.25) is 0 Å². The fraction of sp³-hybridized carbons (Fsp3) is 0.400. The third-order valence-electron chi connectivity index (χ3n) is 4.04. The highest BCUT2D eigenvalue weighted by Gasteiger charge is 2.24. The van der Waals surface area contributed by atoms with Crippen LogP contribution in [0.4, 0.5) is 13.6 Å². The molecule has 0 spiro atoms. The molecule has 0 fully saturated rings. The first-order valence-corrected chi connectivity index (χ1v) is 9.00. The van der Waals surface area contributed by atoms with E-state index < -0.39 is 23.8 Å². The van der Waals surface area contributed by atoms with Crippen molar-refractivity contribution in [2.24, 2.45) is 5.92 Å². The van der Waals surface area contributed by atoms with Crippen LogP contribution in [0.3, 0.4) is 0 Å². The fourth-order valence-electron chi connectivity index (χ4n) is 3.00. The number of pyridine rings is 1. The van der Waals surface area contributed by atoms with E-state index in [1.165, 1.54) is 18.3 Å². The van der Waals surface area contributed by atoms with Crippen LogP contribution in [-0.2, 0) is 0 Å². The zero-order valence-corrected chi connectivity index (χ0v) is 16.5. The summed E-state index contributed by atoms with van der Waals surface area (Å²) in [4.78, 5) is 23.0. The minimum absolute atomic E-state index is 0.0161. The van der Waals surface area contributed by atoms with Gasteiger partial charge in [0.25, 0.3) is 6.43 Å². The van der Waals surface area contributed by atoms with Gasteiger partial charge < -0.3 is 15.2 Å². The number of nitrogens with one attached hydrogen (secondary N) is 1. The number of carboxylic acid groups (broad SMARTS) is 1. The Morgan fingerprint density at radius 2 is 2.00 bits per heavy atom. The average Bonchev–Trinajstić information content (AvgIpc) is 2.64. The van der Waals surface area contributed by atoms with Crippen LogP contribution in [0.5, 0.6) is 5.75 Å².